The number of para-hydroxylation sites is 1. The fraction of sp³-hybridized carbons (Fsp3) is 0.125. The van der Waals surface area contributed by atoms with Gasteiger partial charge in [0.15, 0.2) is 0 Å². The number of hydrogen-bond acceptors (Lipinski definition) is 4. The van der Waals surface area contributed by atoms with Crippen LogP contribution in [0.25, 0.3) is 10.9 Å². The van der Waals surface area contributed by atoms with Crippen LogP contribution in [0.5, 0.6) is 0 Å². The quantitative estimate of drug-likeness (QED) is 0.431. The number of pyridine rings is 1. The molecule has 2 aromatic carbocycles. The van der Waals surface area contributed by atoms with E-state index in [0.717, 1.165) is 27.8 Å². The highest BCUT2D eigenvalue weighted by molar-refractivity contribution is 6.09. The molecular formula is C24H22N4O3. The van der Waals surface area contributed by atoms with E-state index in [0.29, 0.717) is 5.69 Å². The van der Waals surface area contributed by atoms with Gasteiger partial charge in [0.2, 0.25) is 0 Å². The van der Waals surface area contributed by atoms with Crippen LogP contribution in [0.4, 0.5) is 11.4 Å². The van der Waals surface area contributed by atoms with Crippen molar-refractivity contribution < 1.29 is 14.7 Å². The summed E-state index contributed by atoms with van der Waals surface area (Å²) in [5.41, 5.74) is 4.02. The van der Waals surface area contributed by atoms with Gasteiger partial charge >= 0.3 is 5.97 Å². The van der Waals surface area contributed by atoms with Crippen molar-refractivity contribution in [3.05, 3.63) is 89.9 Å². The van der Waals surface area contributed by atoms with Gasteiger partial charge in [-0.3, -0.25) is 9.78 Å². The second-order valence-electron chi connectivity index (χ2n) is 7.28. The van der Waals surface area contributed by atoms with E-state index < -0.39 is 5.97 Å². The summed E-state index contributed by atoms with van der Waals surface area (Å²) in [6.07, 6.45) is 3.38. The van der Waals surface area contributed by atoms with Crippen LogP contribution in [0, 0.1) is 0 Å². The van der Waals surface area contributed by atoms with Gasteiger partial charge in [0.05, 0.1) is 22.8 Å². The summed E-state index contributed by atoms with van der Waals surface area (Å²) < 4.78 is 1.87. The summed E-state index contributed by atoms with van der Waals surface area (Å²) in [4.78, 5) is 28.4. The molecule has 4 rings (SSSR count). The number of carbonyl (C=O) groups is 2. The molecule has 0 saturated carbocycles. The second kappa shape index (κ2) is 8.31. The number of aromatic nitrogens is 2. The summed E-state index contributed by atoms with van der Waals surface area (Å²) in [5, 5.41) is 16.4. The molecule has 0 radical (unpaired) electrons. The van der Waals surface area contributed by atoms with Crippen LogP contribution in [0.2, 0.25) is 0 Å². The zero-order valence-electron chi connectivity index (χ0n) is 17.2. The monoisotopic (exact) mass is 414 g/mol. The number of aromatic carboxylic acids is 1. The van der Waals surface area contributed by atoms with Crippen LogP contribution in [0.1, 0.15) is 39.4 Å². The number of benzene rings is 2. The summed E-state index contributed by atoms with van der Waals surface area (Å²) in [7, 11) is 1.86. The van der Waals surface area contributed by atoms with Crippen molar-refractivity contribution in [1.82, 2.24) is 14.9 Å². The van der Waals surface area contributed by atoms with E-state index in [-0.39, 0.29) is 17.5 Å². The van der Waals surface area contributed by atoms with Crippen molar-refractivity contribution >= 4 is 34.2 Å². The molecule has 7 heteroatoms. The maximum absolute atomic E-state index is 13.3. The van der Waals surface area contributed by atoms with E-state index in [9.17, 15) is 9.59 Å². The van der Waals surface area contributed by atoms with Gasteiger partial charge in [-0.1, -0.05) is 30.3 Å². The number of carboxylic acid groups (broad SMARTS) is 1. The van der Waals surface area contributed by atoms with E-state index in [4.69, 9.17) is 5.11 Å². The summed E-state index contributed by atoms with van der Waals surface area (Å²) >= 11 is 0. The van der Waals surface area contributed by atoms with E-state index in [2.05, 4.69) is 15.6 Å². The molecule has 31 heavy (non-hydrogen) atoms. The van der Waals surface area contributed by atoms with E-state index in [1.165, 1.54) is 12.1 Å². The maximum atomic E-state index is 13.3. The maximum Gasteiger partial charge on any atom is 0.335 e. The van der Waals surface area contributed by atoms with Crippen LogP contribution < -0.4 is 10.6 Å². The molecule has 1 atom stereocenters. The number of anilines is 2. The number of carbonyl (C=O) groups excluding carboxylic acids is 1. The van der Waals surface area contributed by atoms with Crippen LogP contribution >= 0.6 is 0 Å². The number of nitrogens with zero attached hydrogens (tertiary/aromatic N) is 2. The first kappa shape index (κ1) is 20.2. The lowest BCUT2D eigenvalue weighted by molar-refractivity contribution is 0.0696. The Hall–Kier alpha value is -4.13. The van der Waals surface area contributed by atoms with Gasteiger partial charge in [0.1, 0.15) is 5.69 Å². The van der Waals surface area contributed by atoms with Crippen molar-refractivity contribution in [2.45, 2.75) is 13.0 Å². The van der Waals surface area contributed by atoms with Crippen LogP contribution in [-0.4, -0.2) is 26.5 Å². The predicted octanol–water partition coefficient (Wildman–Crippen LogP) is 4.51. The Morgan fingerprint density at radius 3 is 2.35 bits per heavy atom. The lowest BCUT2D eigenvalue weighted by Crippen LogP contribution is -2.29. The Balaban J connectivity index is 1.67. The molecule has 4 aromatic rings. The third kappa shape index (κ3) is 3.98. The molecule has 0 unspecified atom stereocenters. The summed E-state index contributed by atoms with van der Waals surface area (Å²) in [5.74, 6) is -1.21. The standard InChI is InChI=1S/C24H22N4O3/c1-15(16-7-9-17(10-8-16)24(30)31)26-23(29)22-21(27-18-11-13-25-14-12-18)19-5-3-4-6-20(19)28(22)2/h3-15H,1-2H3,(H,25,27)(H,26,29)(H,30,31)/t15-/m0/s1. The lowest BCUT2D eigenvalue weighted by atomic mass is 10.1. The Bertz CT molecular complexity index is 1250. The molecule has 0 aliphatic carbocycles. The highest BCUT2D eigenvalue weighted by Gasteiger charge is 2.23. The molecular weight excluding hydrogens is 392 g/mol. The van der Waals surface area contributed by atoms with Gasteiger partial charge in [-0.05, 0) is 42.8 Å². The lowest BCUT2D eigenvalue weighted by Gasteiger charge is -2.16. The van der Waals surface area contributed by atoms with Crippen molar-refractivity contribution in [3.8, 4) is 0 Å². The highest BCUT2D eigenvalue weighted by atomic mass is 16.4. The molecule has 0 aliphatic heterocycles. The average Bonchev–Trinajstić information content (AvgIpc) is 3.06. The first-order valence-electron chi connectivity index (χ1n) is 9.84. The van der Waals surface area contributed by atoms with Crippen molar-refractivity contribution in [2.24, 2.45) is 7.05 Å². The van der Waals surface area contributed by atoms with Gasteiger partial charge in [0, 0.05) is 30.5 Å². The minimum absolute atomic E-state index is 0.208. The molecule has 0 saturated heterocycles. The summed E-state index contributed by atoms with van der Waals surface area (Å²) in [6.45, 7) is 1.87. The zero-order valence-corrected chi connectivity index (χ0v) is 17.2. The van der Waals surface area contributed by atoms with E-state index in [1.54, 1.807) is 24.5 Å². The van der Waals surface area contributed by atoms with Gasteiger partial charge in [0.25, 0.3) is 5.91 Å². The number of aryl methyl sites for hydroxylation is 1. The Morgan fingerprint density at radius 1 is 1.00 bits per heavy atom. The van der Waals surface area contributed by atoms with Gasteiger partial charge in [-0.25, -0.2) is 4.79 Å². The first-order valence-corrected chi connectivity index (χ1v) is 9.84. The molecule has 1 amide bonds. The van der Waals surface area contributed by atoms with Gasteiger partial charge < -0.3 is 20.3 Å². The predicted molar refractivity (Wildman–Crippen MR) is 120 cm³/mol. The highest BCUT2D eigenvalue weighted by Crippen LogP contribution is 2.33. The smallest absolute Gasteiger partial charge is 0.335 e. The van der Waals surface area contributed by atoms with Crippen LogP contribution in [-0.2, 0) is 7.05 Å². The number of nitrogens with one attached hydrogen (secondary N) is 2. The second-order valence-corrected chi connectivity index (χ2v) is 7.28. The fourth-order valence-corrected chi connectivity index (χ4v) is 3.63. The molecule has 0 fully saturated rings. The minimum Gasteiger partial charge on any atom is -0.478 e. The molecule has 0 bridgehead atoms. The Labute approximate surface area is 179 Å². The zero-order chi connectivity index (χ0) is 22.0. The van der Waals surface area contributed by atoms with Crippen molar-refractivity contribution in [3.63, 3.8) is 0 Å². The van der Waals surface area contributed by atoms with Crippen LogP contribution in [0.15, 0.2) is 73.1 Å². The molecule has 2 aromatic heterocycles. The average molecular weight is 414 g/mol. The molecule has 0 spiro atoms. The Morgan fingerprint density at radius 2 is 1.68 bits per heavy atom. The van der Waals surface area contributed by atoms with Gasteiger partial charge in [-0.2, -0.15) is 0 Å². The number of fused-ring (bicyclic) bond motifs is 1. The molecule has 0 aliphatic rings. The van der Waals surface area contributed by atoms with Gasteiger partial charge in [-0.15, -0.1) is 0 Å². The first-order chi connectivity index (χ1) is 15.0. The van der Waals surface area contributed by atoms with Crippen molar-refractivity contribution in [2.75, 3.05) is 5.32 Å². The molecule has 3 N–H and O–H groups in total. The summed E-state index contributed by atoms with van der Waals surface area (Å²) in [6, 6.07) is 17.7. The molecule has 7 nitrogen and oxygen atoms in total. The number of amides is 1. The van der Waals surface area contributed by atoms with Crippen LogP contribution in [0.3, 0.4) is 0 Å². The number of rotatable bonds is 6. The molecule has 156 valence electrons. The normalized spacial score (nSPS) is 11.8. The largest absolute Gasteiger partial charge is 0.478 e. The molecule has 2 heterocycles. The third-order valence-electron chi connectivity index (χ3n) is 5.28. The van der Waals surface area contributed by atoms with E-state index in [1.807, 2.05) is 54.9 Å². The Kier molecular flexibility index (Phi) is 5.41. The number of hydrogen-bond donors (Lipinski definition) is 3. The van der Waals surface area contributed by atoms with Crippen molar-refractivity contribution in [1.29, 1.82) is 0 Å². The minimum atomic E-state index is -0.981. The number of carboxylic acids is 1. The fourth-order valence-electron chi connectivity index (χ4n) is 3.63. The topological polar surface area (TPSA) is 96.3 Å². The SMILES string of the molecule is C[C@H](NC(=O)c1c(Nc2ccncc2)c2ccccc2n1C)c1ccc(C(=O)O)cc1. The third-order valence-corrected chi connectivity index (χ3v) is 5.28. The van der Waals surface area contributed by atoms with E-state index >= 15 is 0 Å².